The molecule has 0 aliphatic heterocycles. The number of aryl methyl sites for hydroxylation is 1. The number of nitrogens with one attached hydrogen (secondary N) is 1. The molecule has 2 aromatic rings. The van der Waals surface area contributed by atoms with Crippen LogP contribution >= 0.6 is 0 Å². The Morgan fingerprint density at radius 2 is 2.23 bits per heavy atom. The number of hydrogen-bond donors (Lipinski definition) is 1. The van der Waals surface area contributed by atoms with E-state index in [1.54, 1.807) is 4.57 Å². The number of fused-ring (bicyclic) bond motifs is 1. The Hall–Kier alpha value is -2.30. The zero-order chi connectivity index (χ0) is 15.4. The molecule has 3 rings (SSSR count). The van der Waals surface area contributed by atoms with Gasteiger partial charge >= 0.3 is 11.7 Å². The summed E-state index contributed by atoms with van der Waals surface area (Å²) >= 11 is 0. The molecule has 5 nitrogen and oxygen atoms in total. The highest BCUT2D eigenvalue weighted by molar-refractivity contribution is 5.74. The number of ether oxygens (including phenoxy) is 1. The molecule has 116 valence electrons. The molecule has 1 N–H and O–H groups in total. The van der Waals surface area contributed by atoms with E-state index in [2.05, 4.69) is 17.1 Å². The van der Waals surface area contributed by atoms with Crippen LogP contribution in [0.2, 0.25) is 0 Å². The van der Waals surface area contributed by atoms with Crippen LogP contribution in [0.5, 0.6) is 0 Å². The summed E-state index contributed by atoms with van der Waals surface area (Å²) in [5.74, 6) is 0.187. The molecule has 1 atom stereocenters. The van der Waals surface area contributed by atoms with Gasteiger partial charge in [-0.3, -0.25) is 9.36 Å². The summed E-state index contributed by atoms with van der Waals surface area (Å²) < 4.78 is 6.94. The van der Waals surface area contributed by atoms with E-state index < -0.39 is 0 Å². The maximum Gasteiger partial charge on any atom is 0.326 e. The van der Waals surface area contributed by atoms with Gasteiger partial charge in [0, 0.05) is 6.54 Å². The van der Waals surface area contributed by atoms with Crippen molar-refractivity contribution in [2.75, 3.05) is 6.61 Å². The van der Waals surface area contributed by atoms with Gasteiger partial charge in [0.15, 0.2) is 0 Å². The number of aromatic amines is 1. The molecule has 0 unspecified atom stereocenters. The number of carbonyl (C=O) groups is 1. The van der Waals surface area contributed by atoms with E-state index in [-0.39, 0.29) is 11.7 Å². The largest absolute Gasteiger partial charge is 0.466 e. The summed E-state index contributed by atoms with van der Waals surface area (Å²) in [5.41, 5.74) is 1.59. The number of imidazole rings is 1. The van der Waals surface area contributed by atoms with Gasteiger partial charge in [-0.15, -0.1) is 0 Å². The first-order chi connectivity index (χ1) is 10.7. The van der Waals surface area contributed by atoms with E-state index in [1.165, 1.54) is 0 Å². The molecular weight excluding hydrogens is 280 g/mol. The van der Waals surface area contributed by atoms with E-state index in [9.17, 15) is 9.59 Å². The van der Waals surface area contributed by atoms with E-state index in [4.69, 9.17) is 4.74 Å². The predicted molar refractivity (Wildman–Crippen MR) is 84.6 cm³/mol. The fraction of sp³-hybridized carbons (Fsp3) is 0.412. The van der Waals surface area contributed by atoms with Crippen LogP contribution < -0.4 is 5.69 Å². The number of aromatic nitrogens is 2. The maximum absolute atomic E-state index is 11.9. The highest BCUT2D eigenvalue weighted by Gasteiger charge is 2.14. The molecule has 0 radical (unpaired) electrons. The molecule has 5 heteroatoms. The quantitative estimate of drug-likeness (QED) is 0.507. The number of H-pyrrole nitrogens is 1. The van der Waals surface area contributed by atoms with Crippen molar-refractivity contribution in [3.8, 4) is 0 Å². The Labute approximate surface area is 128 Å². The average Bonchev–Trinajstić information content (AvgIpc) is 3.11. The van der Waals surface area contributed by atoms with Crippen molar-refractivity contribution in [3.05, 3.63) is 46.9 Å². The van der Waals surface area contributed by atoms with Gasteiger partial charge in [0.05, 0.1) is 24.1 Å². The lowest BCUT2D eigenvalue weighted by atomic mass is 10.1. The summed E-state index contributed by atoms with van der Waals surface area (Å²) in [7, 11) is 0. The van der Waals surface area contributed by atoms with Crippen molar-refractivity contribution in [2.45, 2.75) is 32.2 Å². The molecule has 0 fully saturated rings. The van der Waals surface area contributed by atoms with Gasteiger partial charge in [-0.1, -0.05) is 24.3 Å². The number of esters is 1. The summed E-state index contributed by atoms with van der Waals surface area (Å²) in [6.45, 7) is 0.890. The third-order valence-electron chi connectivity index (χ3n) is 4.01. The molecule has 22 heavy (non-hydrogen) atoms. The van der Waals surface area contributed by atoms with Crippen molar-refractivity contribution in [3.63, 3.8) is 0 Å². The number of rotatable bonds is 6. The van der Waals surface area contributed by atoms with Crippen molar-refractivity contribution in [2.24, 2.45) is 5.92 Å². The maximum atomic E-state index is 11.9. The standard InChI is InChI=1S/C17H20N2O3/c20-16(12-13-6-1-2-7-13)22-11-5-10-19-15-9-4-3-8-14(15)18-17(19)21/h1,3-4,6,8-9,13H,2,5,7,10-12H2,(H,18,21)/t13-/m1/s1. The number of hydrogen-bond acceptors (Lipinski definition) is 3. The van der Waals surface area contributed by atoms with Crippen LogP contribution in [0.15, 0.2) is 41.2 Å². The zero-order valence-corrected chi connectivity index (χ0v) is 12.5. The van der Waals surface area contributed by atoms with Gasteiger partial charge in [-0.2, -0.15) is 0 Å². The van der Waals surface area contributed by atoms with Gasteiger partial charge in [-0.05, 0) is 37.3 Å². The topological polar surface area (TPSA) is 64.1 Å². The van der Waals surface area contributed by atoms with Crippen LogP contribution in [0.4, 0.5) is 0 Å². The Bertz CT molecular complexity index is 742. The first-order valence-electron chi connectivity index (χ1n) is 7.74. The van der Waals surface area contributed by atoms with E-state index in [0.29, 0.717) is 31.9 Å². The molecule has 0 amide bonds. The average molecular weight is 300 g/mol. The number of carbonyl (C=O) groups excluding carboxylic acids is 1. The monoisotopic (exact) mass is 300 g/mol. The van der Waals surface area contributed by atoms with Crippen molar-refractivity contribution in [1.29, 1.82) is 0 Å². The van der Waals surface area contributed by atoms with Crippen molar-refractivity contribution >= 4 is 17.0 Å². The minimum absolute atomic E-state index is 0.122. The summed E-state index contributed by atoms with van der Waals surface area (Å²) in [5, 5.41) is 0. The Kier molecular flexibility index (Phi) is 4.42. The summed E-state index contributed by atoms with van der Waals surface area (Å²) in [4.78, 5) is 26.4. The fourth-order valence-electron chi connectivity index (χ4n) is 2.88. The minimum atomic E-state index is -0.150. The smallest absolute Gasteiger partial charge is 0.326 e. The molecule has 0 saturated heterocycles. The van der Waals surface area contributed by atoms with Crippen LogP contribution in [0.1, 0.15) is 25.7 Å². The van der Waals surface area contributed by atoms with Gasteiger partial charge in [0.25, 0.3) is 0 Å². The third-order valence-corrected chi connectivity index (χ3v) is 4.01. The molecule has 1 heterocycles. The number of para-hydroxylation sites is 2. The molecule has 1 aliphatic rings. The number of nitrogens with zero attached hydrogens (tertiary/aromatic N) is 1. The minimum Gasteiger partial charge on any atom is -0.466 e. The van der Waals surface area contributed by atoms with Crippen LogP contribution in [0.25, 0.3) is 11.0 Å². The SMILES string of the molecule is O=C(C[C@@H]1C=CCC1)OCCCn1c(=O)[nH]c2ccccc21. The summed E-state index contributed by atoms with van der Waals surface area (Å²) in [6.07, 6.45) is 7.40. The number of allylic oxidation sites excluding steroid dienone is 2. The first kappa shape index (κ1) is 14.6. The second-order valence-electron chi connectivity index (χ2n) is 5.64. The van der Waals surface area contributed by atoms with Crippen molar-refractivity contribution in [1.82, 2.24) is 9.55 Å². The molecule has 1 aliphatic carbocycles. The molecular formula is C17H20N2O3. The second kappa shape index (κ2) is 6.64. The highest BCUT2D eigenvalue weighted by Crippen LogP contribution is 2.20. The normalized spacial score (nSPS) is 17.2. The second-order valence-corrected chi connectivity index (χ2v) is 5.64. The summed E-state index contributed by atoms with van der Waals surface area (Å²) in [6, 6.07) is 7.58. The van der Waals surface area contributed by atoms with Crippen molar-refractivity contribution < 1.29 is 9.53 Å². The first-order valence-corrected chi connectivity index (χ1v) is 7.74. The fourth-order valence-corrected chi connectivity index (χ4v) is 2.88. The Morgan fingerprint density at radius 3 is 3.05 bits per heavy atom. The Balaban J connectivity index is 1.48. The van der Waals surface area contributed by atoms with Crippen LogP contribution in [-0.2, 0) is 16.1 Å². The van der Waals surface area contributed by atoms with Gasteiger partial charge < -0.3 is 9.72 Å². The van der Waals surface area contributed by atoms with E-state index in [1.807, 2.05) is 24.3 Å². The lowest BCUT2D eigenvalue weighted by Gasteiger charge is -2.08. The molecule has 1 aromatic carbocycles. The van der Waals surface area contributed by atoms with E-state index in [0.717, 1.165) is 23.9 Å². The molecule has 0 bridgehead atoms. The van der Waals surface area contributed by atoms with Crippen LogP contribution in [0.3, 0.4) is 0 Å². The lowest BCUT2D eigenvalue weighted by Crippen LogP contribution is -2.18. The Morgan fingerprint density at radius 1 is 1.36 bits per heavy atom. The number of benzene rings is 1. The molecule has 0 saturated carbocycles. The zero-order valence-electron chi connectivity index (χ0n) is 12.5. The third kappa shape index (κ3) is 3.30. The van der Waals surface area contributed by atoms with Gasteiger partial charge in [0.1, 0.15) is 0 Å². The van der Waals surface area contributed by atoms with E-state index >= 15 is 0 Å². The highest BCUT2D eigenvalue weighted by atomic mass is 16.5. The lowest BCUT2D eigenvalue weighted by molar-refractivity contribution is -0.144. The van der Waals surface area contributed by atoms with Crippen LogP contribution in [0, 0.1) is 5.92 Å². The predicted octanol–water partition coefficient (Wildman–Crippen LogP) is 2.62. The van der Waals surface area contributed by atoms with Crippen LogP contribution in [-0.4, -0.2) is 22.1 Å². The van der Waals surface area contributed by atoms with Gasteiger partial charge in [-0.25, -0.2) is 4.79 Å². The molecule has 0 spiro atoms. The molecule has 1 aromatic heterocycles. The van der Waals surface area contributed by atoms with Gasteiger partial charge in [0.2, 0.25) is 0 Å².